The SMILES string of the molecule is CC1O[C@@H](C(C)(C)C)[C@@H](O)C(O)[C@H]1O. The Balaban J connectivity index is 2.81. The largest absolute Gasteiger partial charge is 0.388 e. The molecule has 0 radical (unpaired) electrons. The van der Waals surface area contributed by atoms with Crippen LogP contribution in [0.2, 0.25) is 0 Å². The molecule has 0 aromatic rings. The number of ether oxygens (including phenoxy) is 1. The average molecular weight is 204 g/mol. The maximum atomic E-state index is 9.73. The molecule has 1 aliphatic rings. The van der Waals surface area contributed by atoms with Crippen LogP contribution in [-0.2, 0) is 4.74 Å². The third-order valence-electron chi connectivity index (χ3n) is 2.71. The summed E-state index contributed by atoms with van der Waals surface area (Å²) in [5.74, 6) is 0. The molecule has 0 aliphatic carbocycles. The number of hydrogen-bond donors (Lipinski definition) is 3. The Morgan fingerprint density at radius 2 is 1.43 bits per heavy atom. The van der Waals surface area contributed by atoms with E-state index in [2.05, 4.69) is 0 Å². The van der Waals surface area contributed by atoms with Gasteiger partial charge in [-0.1, -0.05) is 20.8 Å². The Kier molecular flexibility index (Phi) is 3.21. The lowest BCUT2D eigenvalue weighted by Gasteiger charge is -2.44. The van der Waals surface area contributed by atoms with E-state index in [1.54, 1.807) is 6.92 Å². The molecule has 5 atom stereocenters. The molecule has 0 amide bonds. The predicted molar refractivity (Wildman–Crippen MR) is 51.8 cm³/mol. The van der Waals surface area contributed by atoms with Gasteiger partial charge < -0.3 is 20.1 Å². The first kappa shape index (κ1) is 11.9. The minimum absolute atomic E-state index is 0.255. The van der Waals surface area contributed by atoms with E-state index < -0.39 is 30.5 Å². The van der Waals surface area contributed by atoms with Crippen molar-refractivity contribution in [1.82, 2.24) is 0 Å². The summed E-state index contributed by atoms with van der Waals surface area (Å²) in [6.45, 7) is 7.48. The number of rotatable bonds is 0. The summed E-state index contributed by atoms with van der Waals surface area (Å²) in [5, 5.41) is 28.8. The molecule has 1 rings (SSSR count). The molecule has 0 aromatic carbocycles. The van der Waals surface area contributed by atoms with Crippen molar-refractivity contribution in [2.24, 2.45) is 5.41 Å². The lowest BCUT2D eigenvalue weighted by molar-refractivity contribution is -0.239. The minimum atomic E-state index is -1.12. The molecule has 14 heavy (non-hydrogen) atoms. The summed E-state index contributed by atoms with van der Waals surface area (Å²) in [6, 6.07) is 0. The molecule has 4 heteroatoms. The molecule has 0 bridgehead atoms. The van der Waals surface area contributed by atoms with E-state index in [9.17, 15) is 15.3 Å². The predicted octanol–water partition coefficient (Wildman–Crippen LogP) is -0.0975. The molecule has 1 aliphatic heterocycles. The summed E-state index contributed by atoms with van der Waals surface area (Å²) in [5.41, 5.74) is -0.255. The second kappa shape index (κ2) is 3.77. The summed E-state index contributed by atoms with van der Waals surface area (Å²) in [4.78, 5) is 0. The van der Waals surface area contributed by atoms with Gasteiger partial charge in [-0.25, -0.2) is 0 Å². The van der Waals surface area contributed by atoms with Gasteiger partial charge in [0, 0.05) is 0 Å². The lowest BCUT2D eigenvalue weighted by atomic mass is 9.80. The first-order valence-electron chi connectivity index (χ1n) is 4.95. The van der Waals surface area contributed by atoms with Crippen LogP contribution in [0.3, 0.4) is 0 Å². The van der Waals surface area contributed by atoms with E-state index in [-0.39, 0.29) is 5.41 Å². The van der Waals surface area contributed by atoms with E-state index >= 15 is 0 Å². The lowest BCUT2D eigenvalue weighted by Crippen LogP contribution is -2.59. The van der Waals surface area contributed by atoms with Crippen molar-refractivity contribution in [3.8, 4) is 0 Å². The van der Waals surface area contributed by atoms with Gasteiger partial charge >= 0.3 is 0 Å². The normalized spacial score (nSPS) is 45.2. The van der Waals surface area contributed by atoms with Crippen molar-refractivity contribution in [3.05, 3.63) is 0 Å². The van der Waals surface area contributed by atoms with Gasteiger partial charge in [0.2, 0.25) is 0 Å². The van der Waals surface area contributed by atoms with E-state index in [1.165, 1.54) is 0 Å². The Morgan fingerprint density at radius 3 is 1.86 bits per heavy atom. The quantitative estimate of drug-likeness (QED) is 0.515. The van der Waals surface area contributed by atoms with Crippen molar-refractivity contribution in [3.63, 3.8) is 0 Å². The highest BCUT2D eigenvalue weighted by atomic mass is 16.5. The summed E-state index contributed by atoms with van der Waals surface area (Å²) in [6.07, 6.45) is -4.05. The van der Waals surface area contributed by atoms with Gasteiger partial charge in [-0.05, 0) is 12.3 Å². The molecule has 0 aromatic heterocycles. The Morgan fingerprint density at radius 1 is 0.929 bits per heavy atom. The molecule has 1 fully saturated rings. The molecule has 0 saturated carbocycles. The average Bonchev–Trinajstić information content (AvgIpc) is 2.06. The van der Waals surface area contributed by atoms with E-state index in [0.29, 0.717) is 0 Å². The highest BCUT2D eigenvalue weighted by Gasteiger charge is 2.46. The van der Waals surface area contributed by atoms with Gasteiger partial charge in [0.05, 0.1) is 12.2 Å². The molecule has 84 valence electrons. The van der Waals surface area contributed by atoms with Crippen LogP contribution in [0.1, 0.15) is 27.7 Å². The second-order valence-electron chi connectivity index (χ2n) is 5.10. The van der Waals surface area contributed by atoms with Crippen LogP contribution in [0.4, 0.5) is 0 Å². The summed E-state index contributed by atoms with van der Waals surface area (Å²) < 4.78 is 5.49. The first-order chi connectivity index (χ1) is 6.25. The van der Waals surface area contributed by atoms with Crippen LogP contribution in [0, 0.1) is 5.41 Å². The number of aliphatic hydroxyl groups excluding tert-OH is 3. The fourth-order valence-corrected chi connectivity index (χ4v) is 1.77. The Labute approximate surface area is 84.5 Å². The van der Waals surface area contributed by atoms with Crippen LogP contribution in [0.25, 0.3) is 0 Å². The standard InChI is InChI=1S/C10H20O4/c1-5-6(11)7(12)8(13)9(14-5)10(2,3)4/h5-9,11-13H,1-4H3/t5?,6-,7?,8-,9+/m0/s1. The molecular weight excluding hydrogens is 184 g/mol. The van der Waals surface area contributed by atoms with Crippen LogP contribution in [-0.4, -0.2) is 45.8 Å². The van der Waals surface area contributed by atoms with Gasteiger partial charge in [-0.15, -0.1) is 0 Å². The van der Waals surface area contributed by atoms with Crippen LogP contribution < -0.4 is 0 Å². The zero-order chi connectivity index (χ0) is 11.1. The van der Waals surface area contributed by atoms with E-state index in [4.69, 9.17) is 4.74 Å². The molecular formula is C10H20O4. The van der Waals surface area contributed by atoms with Crippen LogP contribution >= 0.6 is 0 Å². The van der Waals surface area contributed by atoms with Crippen molar-refractivity contribution >= 4 is 0 Å². The zero-order valence-electron chi connectivity index (χ0n) is 9.14. The van der Waals surface area contributed by atoms with Crippen LogP contribution in [0.5, 0.6) is 0 Å². The third-order valence-corrected chi connectivity index (χ3v) is 2.71. The fraction of sp³-hybridized carbons (Fsp3) is 1.00. The fourth-order valence-electron chi connectivity index (χ4n) is 1.77. The van der Waals surface area contributed by atoms with Crippen molar-refractivity contribution in [2.45, 2.75) is 58.2 Å². The van der Waals surface area contributed by atoms with Crippen molar-refractivity contribution in [2.75, 3.05) is 0 Å². The van der Waals surface area contributed by atoms with Crippen molar-refractivity contribution < 1.29 is 20.1 Å². The van der Waals surface area contributed by atoms with Crippen LogP contribution in [0.15, 0.2) is 0 Å². The van der Waals surface area contributed by atoms with Gasteiger partial charge in [-0.3, -0.25) is 0 Å². The number of hydrogen-bond acceptors (Lipinski definition) is 4. The molecule has 1 heterocycles. The van der Waals surface area contributed by atoms with Gasteiger partial charge in [0.25, 0.3) is 0 Å². The maximum Gasteiger partial charge on any atom is 0.111 e. The molecule has 3 N–H and O–H groups in total. The molecule has 1 saturated heterocycles. The Bertz CT molecular complexity index is 199. The first-order valence-corrected chi connectivity index (χ1v) is 4.95. The van der Waals surface area contributed by atoms with Gasteiger partial charge in [-0.2, -0.15) is 0 Å². The highest BCUT2D eigenvalue weighted by molar-refractivity contribution is 4.95. The topological polar surface area (TPSA) is 69.9 Å². The second-order valence-corrected chi connectivity index (χ2v) is 5.10. The van der Waals surface area contributed by atoms with Crippen molar-refractivity contribution in [1.29, 1.82) is 0 Å². The summed E-state index contributed by atoms with van der Waals surface area (Å²) >= 11 is 0. The number of aliphatic hydroxyl groups is 3. The smallest absolute Gasteiger partial charge is 0.111 e. The monoisotopic (exact) mass is 204 g/mol. The highest BCUT2D eigenvalue weighted by Crippen LogP contribution is 2.32. The Hall–Kier alpha value is -0.160. The van der Waals surface area contributed by atoms with Gasteiger partial charge in [0.15, 0.2) is 0 Å². The zero-order valence-corrected chi connectivity index (χ0v) is 9.14. The molecule has 4 nitrogen and oxygen atoms in total. The van der Waals surface area contributed by atoms with Gasteiger partial charge in [0.1, 0.15) is 18.3 Å². The molecule has 2 unspecified atom stereocenters. The minimum Gasteiger partial charge on any atom is -0.388 e. The third kappa shape index (κ3) is 2.08. The summed E-state index contributed by atoms with van der Waals surface area (Å²) in [7, 11) is 0. The maximum absolute atomic E-state index is 9.73. The van der Waals surface area contributed by atoms with E-state index in [0.717, 1.165) is 0 Å². The van der Waals surface area contributed by atoms with E-state index in [1.807, 2.05) is 20.8 Å². The molecule has 0 spiro atoms.